The van der Waals surface area contributed by atoms with Crippen molar-refractivity contribution < 1.29 is 4.74 Å². The minimum absolute atomic E-state index is 0.0495. The lowest BCUT2D eigenvalue weighted by molar-refractivity contribution is -0.0553. The summed E-state index contributed by atoms with van der Waals surface area (Å²) >= 11 is 11.9. The number of halogens is 2. The highest BCUT2D eigenvalue weighted by atomic mass is 35.5. The molecule has 2 rings (SSSR count). The molecule has 2 nitrogen and oxygen atoms in total. The lowest BCUT2D eigenvalue weighted by Gasteiger charge is -2.36. The van der Waals surface area contributed by atoms with Crippen molar-refractivity contribution >= 4 is 28.9 Å². The van der Waals surface area contributed by atoms with Gasteiger partial charge in [0.1, 0.15) is 0 Å². The van der Waals surface area contributed by atoms with Gasteiger partial charge in [-0.3, -0.25) is 0 Å². The molecule has 4 heteroatoms. The molecule has 1 aliphatic rings. The lowest BCUT2D eigenvalue weighted by Crippen LogP contribution is -2.40. The average Bonchev–Trinajstić information content (AvgIpc) is 2.22. The van der Waals surface area contributed by atoms with Gasteiger partial charge in [0.15, 0.2) is 0 Å². The van der Waals surface area contributed by atoms with E-state index in [0.29, 0.717) is 16.1 Å². The summed E-state index contributed by atoms with van der Waals surface area (Å²) in [6, 6.07) is 6.07. The molecule has 0 amide bonds. The van der Waals surface area contributed by atoms with Gasteiger partial charge in [-0.15, -0.1) is 0 Å². The fourth-order valence-corrected chi connectivity index (χ4v) is 2.47. The summed E-state index contributed by atoms with van der Waals surface area (Å²) < 4.78 is 5.69. The van der Waals surface area contributed by atoms with E-state index in [9.17, 15) is 0 Å². The van der Waals surface area contributed by atoms with Crippen LogP contribution in [0.3, 0.4) is 0 Å². The van der Waals surface area contributed by atoms with Gasteiger partial charge in [0.2, 0.25) is 0 Å². The molecule has 94 valence electrons. The molecule has 1 fully saturated rings. The van der Waals surface area contributed by atoms with Gasteiger partial charge < -0.3 is 10.1 Å². The molecule has 0 aliphatic carbocycles. The molecule has 1 atom stereocenters. The largest absolute Gasteiger partial charge is 0.382 e. The normalized spacial score (nSPS) is 23.4. The van der Waals surface area contributed by atoms with E-state index in [1.54, 1.807) is 0 Å². The fourth-order valence-electron chi connectivity index (χ4n) is 2.18. The predicted molar refractivity (Wildman–Crippen MR) is 73.1 cm³/mol. The summed E-state index contributed by atoms with van der Waals surface area (Å²) in [6.07, 6.45) is 2.01. The van der Waals surface area contributed by atoms with E-state index >= 15 is 0 Å². The van der Waals surface area contributed by atoms with Gasteiger partial charge in [-0.1, -0.05) is 23.2 Å². The van der Waals surface area contributed by atoms with Crippen LogP contribution in [-0.4, -0.2) is 18.2 Å². The monoisotopic (exact) mass is 273 g/mol. The molecular weight excluding hydrogens is 257 g/mol. The second kappa shape index (κ2) is 5.05. The number of ether oxygens (including phenoxy) is 1. The highest BCUT2D eigenvalue weighted by Gasteiger charge is 2.28. The number of anilines is 1. The van der Waals surface area contributed by atoms with Crippen molar-refractivity contribution in [1.82, 2.24) is 0 Å². The highest BCUT2D eigenvalue weighted by molar-refractivity contribution is 6.42. The maximum absolute atomic E-state index is 5.99. The van der Waals surface area contributed by atoms with Gasteiger partial charge in [-0.25, -0.2) is 0 Å². The first-order chi connectivity index (χ1) is 7.96. The molecule has 1 unspecified atom stereocenters. The Morgan fingerprint density at radius 2 is 2.06 bits per heavy atom. The van der Waals surface area contributed by atoms with Crippen LogP contribution in [0.25, 0.3) is 0 Å². The van der Waals surface area contributed by atoms with Crippen molar-refractivity contribution in [3.05, 3.63) is 28.2 Å². The van der Waals surface area contributed by atoms with Gasteiger partial charge in [-0.05, 0) is 44.9 Å². The summed E-state index contributed by atoms with van der Waals surface area (Å²) in [6.45, 7) is 5.04. The van der Waals surface area contributed by atoms with Crippen LogP contribution in [0.2, 0.25) is 10.0 Å². The second-order valence-electron chi connectivity index (χ2n) is 5.07. The van der Waals surface area contributed by atoms with Crippen molar-refractivity contribution in [1.29, 1.82) is 0 Å². The number of nitrogens with one attached hydrogen (secondary N) is 1. The van der Waals surface area contributed by atoms with E-state index in [4.69, 9.17) is 27.9 Å². The molecule has 0 spiro atoms. The standard InChI is InChI=1S/C13H17Cl2NO/c1-13(2)8-10(5-6-17-13)16-9-3-4-11(14)12(15)7-9/h3-4,7,10,16H,5-6,8H2,1-2H3. The van der Waals surface area contributed by atoms with E-state index in [2.05, 4.69) is 19.2 Å². The molecule has 1 saturated heterocycles. The van der Waals surface area contributed by atoms with Crippen LogP contribution < -0.4 is 5.32 Å². The summed E-state index contributed by atoms with van der Waals surface area (Å²) in [5.74, 6) is 0. The van der Waals surface area contributed by atoms with Crippen molar-refractivity contribution in [2.24, 2.45) is 0 Å². The first kappa shape index (κ1) is 13.0. The third-order valence-corrected chi connectivity index (χ3v) is 3.73. The molecule has 1 aromatic carbocycles. The maximum atomic E-state index is 5.99. The number of rotatable bonds is 2. The minimum Gasteiger partial charge on any atom is -0.382 e. The van der Waals surface area contributed by atoms with Crippen molar-refractivity contribution in [2.75, 3.05) is 11.9 Å². The highest BCUT2D eigenvalue weighted by Crippen LogP contribution is 2.29. The second-order valence-corrected chi connectivity index (χ2v) is 5.89. The van der Waals surface area contributed by atoms with E-state index in [1.165, 1.54) is 0 Å². The van der Waals surface area contributed by atoms with Gasteiger partial charge in [-0.2, -0.15) is 0 Å². The van der Waals surface area contributed by atoms with Crippen LogP contribution in [0.4, 0.5) is 5.69 Å². The van der Waals surface area contributed by atoms with Gasteiger partial charge in [0.05, 0.1) is 15.6 Å². The maximum Gasteiger partial charge on any atom is 0.0646 e. The van der Waals surface area contributed by atoms with E-state index < -0.39 is 0 Å². The Balaban J connectivity index is 2.03. The van der Waals surface area contributed by atoms with Crippen LogP contribution in [0.15, 0.2) is 18.2 Å². The van der Waals surface area contributed by atoms with Gasteiger partial charge in [0, 0.05) is 18.3 Å². The molecule has 1 N–H and O–H groups in total. The average molecular weight is 274 g/mol. The Morgan fingerprint density at radius 1 is 1.29 bits per heavy atom. The molecule has 1 aliphatic heterocycles. The van der Waals surface area contributed by atoms with Crippen LogP contribution in [0.5, 0.6) is 0 Å². The van der Waals surface area contributed by atoms with Crippen molar-refractivity contribution in [3.63, 3.8) is 0 Å². The fraction of sp³-hybridized carbons (Fsp3) is 0.538. The van der Waals surface area contributed by atoms with Gasteiger partial charge >= 0.3 is 0 Å². The first-order valence-electron chi connectivity index (χ1n) is 5.82. The molecular formula is C13H17Cl2NO. The minimum atomic E-state index is -0.0495. The third kappa shape index (κ3) is 3.51. The van der Waals surface area contributed by atoms with Crippen LogP contribution >= 0.6 is 23.2 Å². The summed E-state index contributed by atoms with van der Waals surface area (Å²) in [5, 5.41) is 4.66. The quantitative estimate of drug-likeness (QED) is 0.865. The molecule has 0 bridgehead atoms. The smallest absolute Gasteiger partial charge is 0.0646 e. The first-order valence-corrected chi connectivity index (χ1v) is 6.57. The Morgan fingerprint density at radius 3 is 2.71 bits per heavy atom. The Bertz CT molecular complexity index is 406. The molecule has 17 heavy (non-hydrogen) atoms. The van der Waals surface area contributed by atoms with E-state index in [-0.39, 0.29) is 5.60 Å². The Hall–Kier alpha value is -0.440. The summed E-state index contributed by atoms with van der Waals surface area (Å²) in [4.78, 5) is 0. The topological polar surface area (TPSA) is 21.3 Å². The number of benzene rings is 1. The van der Waals surface area contributed by atoms with E-state index in [1.807, 2.05) is 18.2 Å². The molecule has 0 saturated carbocycles. The zero-order chi connectivity index (χ0) is 12.5. The van der Waals surface area contributed by atoms with Gasteiger partial charge in [0.25, 0.3) is 0 Å². The van der Waals surface area contributed by atoms with Crippen molar-refractivity contribution in [2.45, 2.75) is 38.3 Å². The molecule has 0 aromatic heterocycles. The SMILES string of the molecule is CC1(C)CC(Nc2ccc(Cl)c(Cl)c2)CCO1. The molecule has 0 radical (unpaired) electrons. The molecule has 1 heterocycles. The van der Waals surface area contributed by atoms with Crippen LogP contribution in [-0.2, 0) is 4.74 Å². The van der Waals surface area contributed by atoms with Crippen LogP contribution in [0, 0.1) is 0 Å². The van der Waals surface area contributed by atoms with Crippen molar-refractivity contribution in [3.8, 4) is 0 Å². The number of hydrogen-bond donors (Lipinski definition) is 1. The van der Waals surface area contributed by atoms with Crippen LogP contribution in [0.1, 0.15) is 26.7 Å². The predicted octanol–water partition coefficient (Wildman–Crippen LogP) is 4.36. The molecule has 1 aromatic rings. The summed E-state index contributed by atoms with van der Waals surface area (Å²) in [7, 11) is 0. The third-order valence-electron chi connectivity index (χ3n) is 2.99. The summed E-state index contributed by atoms with van der Waals surface area (Å²) in [5.41, 5.74) is 0.966. The lowest BCUT2D eigenvalue weighted by atomic mass is 9.94. The zero-order valence-electron chi connectivity index (χ0n) is 10.1. The number of hydrogen-bond acceptors (Lipinski definition) is 2. The van der Waals surface area contributed by atoms with E-state index in [0.717, 1.165) is 25.1 Å². The Kier molecular flexibility index (Phi) is 3.86. The zero-order valence-corrected chi connectivity index (χ0v) is 11.6. The Labute approximate surface area is 112 Å².